The van der Waals surface area contributed by atoms with Crippen LogP contribution in [0.15, 0.2) is 40.8 Å². The maximum atomic E-state index is 12.0. The van der Waals surface area contributed by atoms with E-state index in [0.717, 1.165) is 17.5 Å². The van der Waals surface area contributed by atoms with Crippen LogP contribution in [0.1, 0.15) is 36.6 Å². The van der Waals surface area contributed by atoms with Gasteiger partial charge in [-0.3, -0.25) is 0 Å². The van der Waals surface area contributed by atoms with Crippen LogP contribution < -0.4 is 5.32 Å². The third-order valence-corrected chi connectivity index (χ3v) is 5.15. The fourth-order valence-electron chi connectivity index (χ4n) is 3.72. The second-order valence-corrected chi connectivity index (χ2v) is 7.27. The highest BCUT2D eigenvalue weighted by atomic mass is 16.6. The van der Waals surface area contributed by atoms with Crippen molar-refractivity contribution in [3.8, 4) is 0 Å². The van der Waals surface area contributed by atoms with Gasteiger partial charge in [0.05, 0.1) is 30.8 Å². The van der Waals surface area contributed by atoms with Crippen molar-refractivity contribution in [2.24, 2.45) is 0 Å². The molecule has 164 valence electrons. The average Bonchev–Trinajstić information content (AvgIpc) is 3.49. The van der Waals surface area contributed by atoms with Crippen LogP contribution in [-0.4, -0.2) is 58.9 Å². The first kappa shape index (κ1) is 20.8. The molecule has 1 saturated heterocycles. The van der Waals surface area contributed by atoms with E-state index in [-0.39, 0.29) is 17.9 Å². The first-order valence-corrected chi connectivity index (χ1v) is 10.5. The minimum absolute atomic E-state index is 0.0617. The molecule has 1 aliphatic rings. The molecule has 0 spiro atoms. The van der Waals surface area contributed by atoms with E-state index in [1.54, 1.807) is 30.9 Å². The Morgan fingerprint density at radius 1 is 1.16 bits per heavy atom. The maximum absolute atomic E-state index is 12.0. The van der Waals surface area contributed by atoms with Crippen LogP contribution in [0, 0.1) is 0 Å². The van der Waals surface area contributed by atoms with E-state index in [1.165, 1.54) is 0 Å². The Morgan fingerprint density at radius 2 is 1.97 bits per heavy atom. The van der Waals surface area contributed by atoms with Crippen molar-refractivity contribution in [3.05, 3.63) is 47.9 Å². The van der Waals surface area contributed by atoms with E-state index in [9.17, 15) is 9.59 Å². The lowest BCUT2D eigenvalue weighted by atomic mass is 10.3. The summed E-state index contributed by atoms with van der Waals surface area (Å²) >= 11 is 0. The molecule has 3 aromatic rings. The molecule has 4 rings (SSSR count). The monoisotopic (exact) mass is 426 g/mol. The standard InChI is InChI=1S/C22H26N4O5/c1-3-29-20(27)19-10-9-16(31-19)14-26-18-8-6-5-7-17(18)24-21(26)23-15-11-12-25(13-15)22(28)30-4-2/h5-10,15H,3-4,11-14H2,1-2H3,(H,23,24). The van der Waals surface area contributed by atoms with Gasteiger partial charge < -0.3 is 28.7 Å². The van der Waals surface area contributed by atoms with Crippen molar-refractivity contribution < 1.29 is 23.5 Å². The summed E-state index contributed by atoms with van der Waals surface area (Å²) in [4.78, 5) is 30.3. The molecular weight excluding hydrogens is 400 g/mol. The molecule has 1 aliphatic heterocycles. The number of amides is 1. The number of aromatic nitrogens is 2. The molecule has 2 aromatic heterocycles. The van der Waals surface area contributed by atoms with Crippen molar-refractivity contribution in [2.45, 2.75) is 32.9 Å². The molecule has 31 heavy (non-hydrogen) atoms. The fraction of sp³-hybridized carbons (Fsp3) is 0.409. The number of para-hydroxylation sites is 2. The summed E-state index contributed by atoms with van der Waals surface area (Å²) in [5, 5.41) is 3.47. The number of rotatable bonds is 7. The lowest BCUT2D eigenvalue weighted by Crippen LogP contribution is -2.32. The Kier molecular flexibility index (Phi) is 6.11. The van der Waals surface area contributed by atoms with Crippen LogP contribution in [0.5, 0.6) is 0 Å². The minimum atomic E-state index is -0.479. The normalized spacial score (nSPS) is 15.9. The Balaban J connectivity index is 1.54. The molecule has 0 radical (unpaired) electrons. The van der Waals surface area contributed by atoms with Gasteiger partial charge in [-0.1, -0.05) is 12.1 Å². The van der Waals surface area contributed by atoms with Crippen LogP contribution in [0.3, 0.4) is 0 Å². The van der Waals surface area contributed by atoms with Gasteiger partial charge in [0.25, 0.3) is 0 Å². The molecule has 0 bridgehead atoms. The topological polar surface area (TPSA) is 98.8 Å². The number of likely N-dealkylation sites (tertiary alicyclic amines) is 1. The molecule has 1 unspecified atom stereocenters. The smallest absolute Gasteiger partial charge is 0.409 e. The number of fused-ring (bicyclic) bond motifs is 1. The van der Waals surface area contributed by atoms with Gasteiger partial charge in [0, 0.05) is 19.1 Å². The van der Waals surface area contributed by atoms with Crippen molar-refractivity contribution in [1.82, 2.24) is 14.5 Å². The molecule has 3 heterocycles. The number of carbonyl (C=O) groups excluding carboxylic acids is 2. The van der Waals surface area contributed by atoms with Crippen molar-refractivity contribution >= 4 is 29.0 Å². The summed E-state index contributed by atoms with van der Waals surface area (Å²) in [6.45, 7) is 5.79. The number of esters is 1. The van der Waals surface area contributed by atoms with E-state index >= 15 is 0 Å². The van der Waals surface area contributed by atoms with Crippen molar-refractivity contribution in [2.75, 3.05) is 31.6 Å². The molecule has 0 aliphatic carbocycles. The average molecular weight is 426 g/mol. The zero-order chi connectivity index (χ0) is 21.8. The predicted molar refractivity (Wildman–Crippen MR) is 114 cm³/mol. The first-order chi connectivity index (χ1) is 15.1. The summed E-state index contributed by atoms with van der Waals surface area (Å²) < 4.78 is 17.8. The number of nitrogens with one attached hydrogen (secondary N) is 1. The number of hydrogen-bond acceptors (Lipinski definition) is 7. The van der Waals surface area contributed by atoms with Gasteiger partial charge in [0.15, 0.2) is 0 Å². The molecule has 0 saturated carbocycles. The predicted octanol–water partition coefficient (Wildman–Crippen LogP) is 3.50. The lowest BCUT2D eigenvalue weighted by molar-refractivity contribution is 0.0488. The van der Waals surface area contributed by atoms with E-state index in [1.807, 2.05) is 28.8 Å². The van der Waals surface area contributed by atoms with E-state index in [0.29, 0.717) is 44.6 Å². The van der Waals surface area contributed by atoms with Crippen LogP contribution in [-0.2, 0) is 16.0 Å². The highest BCUT2D eigenvalue weighted by molar-refractivity contribution is 5.86. The van der Waals surface area contributed by atoms with Gasteiger partial charge in [0.2, 0.25) is 11.7 Å². The highest BCUT2D eigenvalue weighted by Gasteiger charge is 2.28. The van der Waals surface area contributed by atoms with Crippen LogP contribution in [0.4, 0.5) is 10.7 Å². The summed E-state index contributed by atoms with van der Waals surface area (Å²) in [7, 11) is 0. The number of imidazole rings is 1. The fourth-order valence-corrected chi connectivity index (χ4v) is 3.72. The minimum Gasteiger partial charge on any atom is -0.460 e. The number of hydrogen-bond donors (Lipinski definition) is 1. The Labute approximate surface area is 179 Å². The second-order valence-electron chi connectivity index (χ2n) is 7.27. The Hall–Kier alpha value is -3.49. The van der Waals surface area contributed by atoms with E-state index in [2.05, 4.69) is 5.32 Å². The number of nitrogens with zero attached hydrogens (tertiary/aromatic N) is 3. The second kappa shape index (κ2) is 9.11. The van der Waals surface area contributed by atoms with Gasteiger partial charge >= 0.3 is 12.1 Å². The van der Waals surface area contributed by atoms with Gasteiger partial charge in [-0.25, -0.2) is 14.6 Å². The molecule has 1 aromatic carbocycles. The van der Waals surface area contributed by atoms with Gasteiger partial charge in [-0.2, -0.15) is 0 Å². The molecule has 1 N–H and O–H groups in total. The van der Waals surface area contributed by atoms with E-state index < -0.39 is 5.97 Å². The quantitative estimate of drug-likeness (QED) is 0.577. The molecule has 1 fully saturated rings. The number of carbonyl (C=O) groups is 2. The Bertz CT molecular complexity index is 1070. The summed E-state index contributed by atoms with van der Waals surface area (Å²) in [6, 6.07) is 11.3. The van der Waals surface area contributed by atoms with Crippen molar-refractivity contribution in [1.29, 1.82) is 0 Å². The third kappa shape index (κ3) is 4.50. The first-order valence-electron chi connectivity index (χ1n) is 10.5. The van der Waals surface area contributed by atoms with Crippen molar-refractivity contribution in [3.63, 3.8) is 0 Å². The zero-order valence-electron chi connectivity index (χ0n) is 17.7. The van der Waals surface area contributed by atoms with Crippen LogP contribution in [0.25, 0.3) is 11.0 Å². The lowest BCUT2D eigenvalue weighted by Gasteiger charge is -2.17. The molecule has 9 nitrogen and oxygen atoms in total. The highest BCUT2D eigenvalue weighted by Crippen LogP contribution is 2.24. The molecule has 9 heteroatoms. The Morgan fingerprint density at radius 3 is 2.77 bits per heavy atom. The number of benzene rings is 1. The third-order valence-electron chi connectivity index (χ3n) is 5.15. The summed E-state index contributed by atoms with van der Waals surface area (Å²) in [5.74, 6) is 1.00. The van der Waals surface area contributed by atoms with Gasteiger partial charge in [-0.15, -0.1) is 0 Å². The van der Waals surface area contributed by atoms with E-state index in [4.69, 9.17) is 18.9 Å². The number of furan rings is 1. The largest absolute Gasteiger partial charge is 0.460 e. The van der Waals surface area contributed by atoms with Crippen LogP contribution >= 0.6 is 0 Å². The summed E-state index contributed by atoms with van der Waals surface area (Å²) in [6.07, 6.45) is 0.512. The summed E-state index contributed by atoms with van der Waals surface area (Å²) in [5.41, 5.74) is 1.79. The van der Waals surface area contributed by atoms with Crippen LogP contribution in [0.2, 0.25) is 0 Å². The van der Waals surface area contributed by atoms with Gasteiger partial charge in [0.1, 0.15) is 5.76 Å². The number of ether oxygens (including phenoxy) is 2. The molecule has 1 amide bonds. The maximum Gasteiger partial charge on any atom is 0.409 e. The molecular formula is C22H26N4O5. The SMILES string of the molecule is CCOC(=O)c1ccc(Cn2c(NC3CCN(C(=O)OCC)C3)nc3ccccc32)o1. The number of anilines is 1. The zero-order valence-corrected chi connectivity index (χ0v) is 17.7. The van der Waals surface area contributed by atoms with Gasteiger partial charge in [-0.05, 0) is 44.5 Å². The molecule has 1 atom stereocenters.